The van der Waals surface area contributed by atoms with Crippen LogP contribution in [0, 0.1) is 0 Å². The highest BCUT2D eigenvalue weighted by Crippen LogP contribution is 2.29. The van der Waals surface area contributed by atoms with Crippen LogP contribution in [-0.2, 0) is 9.59 Å². The Kier molecular flexibility index (Phi) is 3.01. The average molecular weight is 187 g/mol. The first-order chi connectivity index (χ1) is 6.06. The fourth-order valence-electron chi connectivity index (χ4n) is 1.65. The number of carbonyl (C=O) groups is 2. The molecule has 4 heteroatoms. The SMILES string of the molecule is CC(=O)NC1CCC(F)(C=O)CC1. The summed E-state index contributed by atoms with van der Waals surface area (Å²) >= 11 is 0. The lowest BCUT2D eigenvalue weighted by atomic mass is 9.84. The molecule has 0 aromatic heterocycles. The molecule has 0 saturated heterocycles. The van der Waals surface area contributed by atoms with Gasteiger partial charge in [0.15, 0.2) is 12.0 Å². The molecule has 0 aromatic carbocycles. The Morgan fingerprint density at radius 2 is 2.08 bits per heavy atom. The lowest BCUT2D eigenvalue weighted by Gasteiger charge is -2.30. The molecular formula is C9H14FNO2. The van der Waals surface area contributed by atoms with Gasteiger partial charge >= 0.3 is 0 Å². The van der Waals surface area contributed by atoms with E-state index in [0.717, 1.165) is 0 Å². The number of nitrogens with one attached hydrogen (secondary N) is 1. The second-order valence-corrected chi connectivity index (χ2v) is 3.63. The molecule has 0 aliphatic heterocycles. The van der Waals surface area contributed by atoms with Crippen molar-refractivity contribution in [2.75, 3.05) is 0 Å². The van der Waals surface area contributed by atoms with Crippen LogP contribution in [0.25, 0.3) is 0 Å². The Hall–Kier alpha value is -0.930. The Balaban J connectivity index is 2.38. The minimum absolute atomic E-state index is 0.0429. The molecule has 0 unspecified atom stereocenters. The van der Waals surface area contributed by atoms with E-state index in [4.69, 9.17) is 0 Å². The molecule has 1 amide bonds. The van der Waals surface area contributed by atoms with Crippen LogP contribution in [0.1, 0.15) is 32.6 Å². The molecule has 0 bridgehead atoms. The fraction of sp³-hybridized carbons (Fsp3) is 0.778. The Morgan fingerprint density at radius 3 is 2.46 bits per heavy atom. The topological polar surface area (TPSA) is 46.2 Å². The van der Waals surface area contributed by atoms with Crippen molar-refractivity contribution in [2.45, 2.75) is 44.3 Å². The summed E-state index contributed by atoms with van der Waals surface area (Å²) in [5, 5.41) is 2.72. The molecule has 1 rings (SSSR count). The zero-order chi connectivity index (χ0) is 9.90. The average Bonchev–Trinajstić information content (AvgIpc) is 2.09. The number of alkyl halides is 1. The zero-order valence-electron chi connectivity index (χ0n) is 7.68. The van der Waals surface area contributed by atoms with Gasteiger partial charge in [0.2, 0.25) is 5.91 Å². The summed E-state index contributed by atoms with van der Waals surface area (Å²) in [5.41, 5.74) is -1.64. The molecule has 1 aliphatic carbocycles. The normalized spacial score (nSPS) is 33.8. The van der Waals surface area contributed by atoms with Gasteiger partial charge in [0.05, 0.1) is 0 Å². The Bertz CT molecular complexity index is 210. The molecule has 3 nitrogen and oxygen atoms in total. The summed E-state index contributed by atoms with van der Waals surface area (Å²) in [6, 6.07) is 0.0429. The van der Waals surface area contributed by atoms with Crippen molar-refractivity contribution >= 4 is 12.2 Å². The number of aldehydes is 1. The van der Waals surface area contributed by atoms with E-state index >= 15 is 0 Å². The molecule has 0 radical (unpaired) electrons. The van der Waals surface area contributed by atoms with Gasteiger partial charge in [-0.05, 0) is 25.7 Å². The molecule has 0 atom stereocenters. The smallest absolute Gasteiger partial charge is 0.217 e. The lowest BCUT2D eigenvalue weighted by molar-refractivity contribution is -0.121. The maximum atomic E-state index is 13.3. The Morgan fingerprint density at radius 1 is 1.54 bits per heavy atom. The molecule has 1 N–H and O–H groups in total. The third-order valence-corrected chi connectivity index (χ3v) is 2.44. The van der Waals surface area contributed by atoms with Crippen LogP contribution >= 0.6 is 0 Å². The number of hydrogen-bond acceptors (Lipinski definition) is 2. The van der Waals surface area contributed by atoms with E-state index in [1.54, 1.807) is 0 Å². The summed E-state index contributed by atoms with van der Waals surface area (Å²) in [4.78, 5) is 21.0. The number of rotatable bonds is 2. The van der Waals surface area contributed by atoms with Gasteiger partial charge in [-0.2, -0.15) is 0 Å². The highest BCUT2D eigenvalue weighted by atomic mass is 19.1. The van der Waals surface area contributed by atoms with Crippen LogP contribution in [0.5, 0.6) is 0 Å². The first kappa shape index (κ1) is 10.2. The van der Waals surface area contributed by atoms with Crippen LogP contribution in [0.2, 0.25) is 0 Å². The maximum absolute atomic E-state index is 13.3. The minimum Gasteiger partial charge on any atom is -0.354 e. The third kappa shape index (κ3) is 2.79. The number of carbonyl (C=O) groups excluding carboxylic acids is 2. The van der Waals surface area contributed by atoms with Gasteiger partial charge in [0.1, 0.15) is 0 Å². The molecule has 1 saturated carbocycles. The van der Waals surface area contributed by atoms with Crippen molar-refractivity contribution in [3.05, 3.63) is 0 Å². The third-order valence-electron chi connectivity index (χ3n) is 2.44. The number of halogens is 1. The molecule has 1 aliphatic rings. The monoisotopic (exact) mass is 187 g/mol. The zero-order valence-corrected chi connectivity index (χ0v) is 7.68. The number of amides is 1. The van der Waals surface area contributed by atoms with Crippen LogP contribution in [0.15, 0.2) is 0 Å². The van der Waals surface area contributed by atoms with Gasteiger partial charge in [-0.3, -0.25) is 9.59 Å². The van der Waals surface area contributed by atoms with Crippen molar-refractivity contribution in [1.29, 1.82) is 0 Å². The molecule has 13 heavy (non-hydrogen) atoms. The summed E-state index contributed by atoms with van der Waals surface area (Å²) in [5.74, 6) is -0.0949. The fourth-order valence-corrected chi connectivity index (χ4v) is 1.65. The van der Waals surface area contributed by atoms with E-state index in [9.17, 15) is 14.0 Å². The second-order valence-electron chi connectivity index (χ2n) is 3.63. The molecule has 1 fully saturated rings. The van der Waals surface area contributed by atoms with Gasteiger partial charge in [0, 0.05) is 13.0 Å². The minimum atomic E-state index is -1.64. The van der Waals surface area contributed by atoms with Crippen LogP contribution in [-0.4, -0.2) is 23.9 Å². The first-order valence-electron chi connectivity index (χ1n) is 4.48. The molecular weight excluding hydrogens is 173 g/mol. The standard InChI is InChI=1S/C9H14FNO2/c1-7(13)11-8-2-4-9(10,6-12)5-3-8/h6,8H,2-5H2,1H3,(H,11,13). The summed E-state index contributed by atoms with van der Waals surface area (Å²) < 4.78 is 13.3. The van der Waals surface area contributed by atoms with E-state index in [-0.39, 0.29) is 24.8 Å². The first-order valence-corrected chi connectivity index (χ1v) is 4.48. The predicted octanol–water partition coefficient (Wildman–Crippen LogP) is 0.972. The van der Waals surface area contributed by atoms with Gasteiger partial charge < -0.3 is 5.32 Å². The van der Waals surface area contributed by atoms with Crippen LogP contribution in [0.4, 0.5) is 4.39 Å². The predicted molar refractivity (Wildman–Crippen MR) is 46.0 cm³/mol. The summed E-state index contributed by atoms with van der Waals surface area (Å²) in [6.45, 7) is 1.44. The number of hydrogen-bond donors (Lipinski definition) is 1. The molecule has 74 valence electrons. The quantitative estimate of drug-likeness (QED) is 0.655. The van der Waals surface area contributed by atoms with E-state index in [0.29, 0.717) is 19.1 Å². The van der Waals surface area contributed by atoms with E-state index in [1.807, 2.05) is 0 Å². The van der Waals surface area contributed by atoms with Crippen LogP contribution < -0.4 is 5.32 Å². The van der Waals surface area contributed by atoms with Crippen molar-refractivity contribution in [2.24, 2.45) is 0 Å². The van der Waals surface area contributed by atoms with E-state index in [1.165, 1.54) is 6.92 Å². The van der Waals surface area contributed by atoms with Crippen LogP contribution in [0.3, 0.4) is 0 Å². The van der Waals surface area contributed by atoms with Crippen molar-refractivity contribution in [3.8, 4) is 0 Å². The molecule has 0 aromatic rings. The highest BCUT2D eigenvalue weighted by Gasteiger charge is 2.34. The second kappa shape index (κ2) is 3.85. The summed E-state index contributed by atoms with van der Waals surface area (Å²) in [6.07, 6.45) is 1.93. The van der Waals surface area contributed by atoms with Gasteiger partial charge in [-0.1, -0.05) is 0 Å². The molecule has 0 spiro atoms. The van der Waals surface area contributed by atoms with Crippen molar-refractivity contribution in [3.63, 3.8) is 0 Å². The maximum Gasteiger partial charge on any atom is 0.217 e. The highest BCUT2D eigenvalue weighted by molar-refractivity contribution is 5.73. The lowest BCUT2D eigenvalue weighted by Crippen LogP contribution is -2.41. The van der Waals surface area contributed by atoms with Gasteiger partial charge in [0.25, 0.3) is 0 Å². The van der Waals surface area contributed by atoms with Crippen molar-refractivity contribution in [1.82, 2.24) is 5.32 Å². The van der Waals surface area contributed by atoms with Gasteiger partial charge in [-0.15, -0.1) is 0 Å². The summed E-state index contributed by atoms with van der Waals surface area (Å²) in [7, 11) is 0. The van der Waals surface area contributed by atoms with E-state index < -0.39 is 5.67 Å². The van der Waals surface area contributed by atoms with E-state index in [2.05, 4.69) is 5.32 Å². The molecule has 0 heterocycles. The van der Waals surface area contributed by atoms with Crippen molar-refractivity contribution < 1.29 is 14.0 Å². The Labute approximate surface area is 76.7 Å². The van der Waals surface area contributed by atoms with Gasteiger partial charge in [-0.25, -0.2) is 4.39 Å². The largest absolute Gasteiger partial charge is 0.354 e.